The van der Waals surface area contributed by atoms with Gasteiger partial charge in [0.15, 0.2) is 4.96 Å². The second kappa shape index (κ2) is 6.24. The number of thiazole rings is 1. The van der Waals surface area contributed by atoms with Crippen LogP contribution >= 0.6 is 11.3 Å². The number of imidazole rings is 1. The number of fused-ring (bicyclic) bond motifs is 1. The van der Waals surface area contributed by atoms with Gasteiger partial charge in [-0.1, -0.05) is 13.8 Å². The molecule has 2 aromatic rings. The molecule has 0 saturated heterocycles. The van der Waals surface area contributed by atoms with Crippen molar-refractivity contribution in [2.45, 2.75) is 44.7 Å². The summed E-state index contributed by atoms with van der Waals surface area (Å²) >= 11 is 1.69. The third-order valence-corrected chi connectivity index (χ3v) is 5.44. The molecular formula is C15H26N4S. The lowest BCUT2D eigenvalue weighted by molar-refractivity contribution is 0.0914. The predicted molar refractivity (Wildman–Crippen MR) is 86.6 cm³/mol. The van der Waals surface area contributed by atoms with Crippen LogP contribution in [-0.4, -0.2) is 47.0 Å². The van der Waals surface area contributed by atoms with Crippen molar-refractivity contribution in [2.24, 2.45) is 0 Å². The SMILES string of the molecule is CCC(CC)(C(Cc1cn2ccsc2n1)NC)N(C)C. The van der Waals surface area contributed by atoms with E-state index in [0.29, 0.717) is 6.04 Å². The molecule has 0 amide bonds. The van der Waals surface area contributed by atoms with Crippen LogP contribution in [0.1, 0.15) is 32.4 Å². The number of likely N-dealkylation sites (N-methyl/N-ethyl adjacent to an activating group) is 2. The molecule has 112 valence electrons. The molecule has 0 fully saturated rings. The van der Waals surface area contributed by atoms with Crippen molar-refractivity contribution in [1.82, 2.24) is 19.6 Å². The molecule has 20 heavy (non-hydrogen) atoms. The van der Waals surface area contributed by atoms with Gasteiger partial charge in [0.25, 0.3) is 0 Å². The second-order valence-corrected chi connectivity index (χ2v) is 6.45. The Morgan fingerprint density at radius 2 is 2.10 bits per heavy atom. The first-order valence-electron chi connectivity index (χ1n) is 7.33. The minimum Gasteiger partial charge on any atom is -0.315 e. The van der Waals surface area contributed by atoms with Crippen LogP contribution < -0.4 is 5.32 Å². The zero-order valence-electron chi connectivity index (χ0n) is 13.2. The van der Waals surface area contributed by atoms with E-state index in [1.807, 2.05) is 0 Å². The minimum absolute atomic E-state index is 0.172. The number of hydrogen-bond acceptors (Lipinski definition) is 4. The Morgan fingerprint density at radius 1 is 1.40 bits per heavy atom. The van der Waals surface area contributed by atoms with E-state index in [9.17, 15) is 0 Å². The van der Waals surface area contributed by atoms with Crippen molar-refractivity contribution >= 4 is 16.3 Å². The van der Waals surface area contributed by atoms with Gasteiger partial charge >= 0.3 is 0 Å². The molecule has 2 heterocycles. The highest BCUT2D eigenvalue weighted by Crippen LogP contribution is 2.28. The predicted octanol–water partition coefficient (Wildman–Crippen LogP) is 2.65. The lowest BCUT2D eigenvalue weighted by Crippen LogP contribution is -2.58. The van der Waals surface area contributed by atoms with E-state index in [1.54, 1.807) is 11.3 Å². The van der Waals surface area contributed by atoms with E-state index in [1.165, 1.54) is 5.69 Å². The van der Waals surface area contributed by atoms with E-state index in [2.05, 4.69) is 67.4 Å². The highest BCUT2D eigenvalue weighted by molar-refractivity contribution is 7.15. The molecule has 0 aromatic carbocycles. The van der Waals surface area contributed by atoms with Crippen LogP contribution in [0.5, 0.6) is 0 Å². The zero-order chi connectivity index (χ0) is 14.8. The Balaban J connectivity index is 2.24. The molecule has 5 heteroatoms. The van der Waals surface area contributed by atoms with E-state index in [0.717, 1.165) is 24.2 Å². The van der Waals surface area contributed by atoms with Crippen LogP contribution in [0.3, 0.4) is 0 Å². The largest absolute Gasteiger partial charge is 0.315 e. The summed E-state index contributed by atoms with van der Waals surface area (Å²) in [6, 6.07) is 0.400. The fourth-order valence-electron chi connectivity index (χ4n) is 3.33. The van der Waals surface area contributed by atoms with Crippen LogP contribution in [0.2, 0.25) is 0 Å². The fourth-order valence-corrected chi connectivity index (χ4v) is 4.05. The number of aromatic nitrogens is 2. The molecule has 0 aliphatic carbocycles. The van der Waals surface area contributed by atoms with Crippen molar-refractivity contribution < 1.29 is 0 Å². The third kappa shape index (κ3) is 2.62. The Labute approximate surface area is 125 Å². The summed E-state index contributed by atoms with van der Waals surface area (Å²) in [7, 11) is 6.43. The molecule has 0 aliphatic rings. The van der Waals surface area contributed by atoms with Gasteiger partial charge in [0.05, 0.1) is 5.69 Å². The molecule has 1 unspecified atom stereocenters. The van der Waals surface area contributed by atoms with Gasteiger partial charge in [0.1, 0.15) is 0 Å². The molecular weight excluding hydrogens is 268 g/mol. The van der Waals surface area contributed by atoms with Crippen molar-refractivity contribution in [3.05, 3.63) is 23.5 Å². The fraction of sp³-hybridized carbons (Fsp3) is 0.667. The van der Waals surface area contributed by atoms with Crippen molar-refractivity contribution in [2.75, 3.05) is 21.1 Å². The van der Waals surface area contributed by atoms with Gasteiger partial charge in [-0.15, -0.1) is 11.3 Å². The topological polar surface area (TPSA) is 32.6 Å². The molecule has 0 spiro atoms. The maximum atomic E-state index is 4.72. The van der Waals surface area contributed by atoms with Gasteiger partial charge < -0.3 is 10.2 Å². The van der Waals surface area contributed by atoms with Crippen LogP contribution in [0.4, 0.5) is 0 Å². The maximum absolute atomic E-state index is 4.72. The van der Waals surface area contributed by atoms with E-state index >= 15 is 0 Å². The van der Waals surface area contributed by atoms with Crippen molar-refractivity contribution in [1.29, 1.82) is 0 Å². The summed E-state index contributed by atoms with van der Waals surface area (Å²) in [6.45, 7) is 4.55. The summed E-state index contributed by atoms with van der Waals surface area (Å²) in [5, 5.41) is 5.60. The molecule has 1 atom stereocenters. The summed E-state index contributed by atoms with van der Waals surface area (Å²) in [5.74, 6) is 0. The summed E-state index contributed by atoms with van der Waals surface area (Å²) in [5.41, 5.74) is 1.34. The Kier molecular flexibility index (Phi) is 4.83. The molecule has 2 aromatic heterocycles. The number of nitrogens with one attached hydrogen (secondary N) is 1. The quantitative estimate of drug-likeness (QED) is 0.852. The van der Waals surface area contributed by atoms with E-state index < -0.39 is 0 Å². The van der Waals surface area contributed by atoms with Crippen LogP contribution in [-0.2, 0) is 6.42 Å². The minimum atomic E-state index is 0.172. The number of hydrogen-bond donors (Lipinski definition) is 1. The Morgan fingerprint density at radius 3 is 2.60 bits per heavy atom. The van der Waals surface area contributed by atoms with Gasteiger partial charge in [0, 0.05) is 35.8 Å². The molecule has 0 aliphatic heterocycles. The molecule has 4 nitrogen and oxygen atoms in total. The monoisotopic (exact) mass is 294 g/mol. The average Bonchev–Trinajstić information content (AvgIpc) is 2.99. The Hall–Kier alpha value is -0.910. The van der Waals surface area contributed by atoms with Gasteiger partial charge in [0.2, 0.25) is 0 Å². The molecule has 0 radical (unpaired) electrons. The second-order valence-electron chi connectivity index (χ2n) is 5.58. The molecule has 1 N–H and O–H groups in total. The highest BCUT2D eigenvalue weighted by atomic mass is 32.1. The standard InChI is InChI=1S/C15H26N4S/c1-6-15(7-2,18(4)5)13(16-3)10-12-11-19-8-9-20-14(19)17-12/h8-9,11,13,16H,6-7,10H2,1-5H3. The number of rotatable bonds is 7. The third-order valence-electron chi connectivity index (χ3n) is 4.67. The molecule has 0 saturated carbocycles. The van der Waals surface area contributed by atoms with E-state index in [4.69, 9.17) is 4.98 Å². The number of nitrogens with zero attached hydrogens (tertiary/aromatic N) is 3. The summed E-state index contributed by atoms with van der Waals surface area (Å²) in [6.07, 6.45) is 7.45. The van der Waals surface area contributed by atoms with Gasteiger partial charge in [-0.25, -0.2) is 4.98 Å². The molecule has 2 rings (SSSR count). The molecule has 0 bridgehead atoms. The van der Waals surface area contributed by atoms with Gasteiger partial charge in [-0.3, -0.25) is 4.40 Å². The first kappa shape index (κ1) is 15.5. The first-order chi connectivity index (χ1) is 9.57. The lowest BCUT2D eigenvalue weighted by atomic mass is 9.81. The summed E-state index contributed by atoms with van der Waals surface area (Å²) < 4.78 is 2.11. The summed E-state index contributed by atoms with van der Waals surface area (Å²) in [4.78, 5) is 8.17. The van der Waals surface area contributed by atoms with Crippen molar-refractivity contribution in [3.63, 3.8) is 0 Å². The lowest BCUT2D eigenvalue weighted by Gasteiger charge is -2.45. The first-order valence-corrected chi connectivity index (χ1v) is 8.21. The highest BCUT2D eigenvalue weighted by Gasteiger charge is 2.37. The van der Waals surface area contributed by atoms with Crippen LogP contribution in [0.25, 0.3) is 4.96 Å². The van der Waals surface area contributed by atoms with E-state index in [-0.39, 0.29) is 5.54 Å². The van der Waals surface area contributed by atoms with Gasteiger partial charge in [-0.2, -0.15) is 0 Å². The smallest absolute Gasteiger partial charge is 0.193 e. The van der Waals surface area contributed by atoms with Crippen LogP contribution in [0.15, 0.2) is 17.8 Å². The average molecular weight is 294 g/mol. The maximum Gasteiger partial charge on any atom is 0.193 e. The zero-order valence-corrected chi connectivity index (χ0v) is 14.0. The van der Waals surface area contributed by atoms with Crippen molar-refractivity contribution in [3.8, 4) is 0 Å². The Bertz CT molecular complexity index is 510. The van der Waals surface area contributed by atoms with Crippen LogP contribution in [0, 0.1) is 0 Å². The van der Waals surface area contributed by atoms with Gasteiger partial charge in [-0.05, 0) is 34.0 Å². The normalized spacial score (nSPS) is 14.3.